The Balaban J connectivity index is 0.000000216. The number of anilines is 2. The van der Waals surface area contributed by atoms with Crippen molar-refractivity contribution in [3.05, 3.63) is 70.7 Å². The minimum Gasteiger partial charge on any atom is -0.454 e. The van der Waals surface area contributed by atoms with Crippen molar-refractivity contribution in [2.45, 2.75) is 58.9 Å². The lowest BCUT2D eigenvalue weighted by atomic mass is 9.94. The van der Waals surface area contributed by atoms with Crippen LogP contribution in [0.2, 0.25) is 0 Å². The molecule has 0 unspecified atom stereocenters. The summed E-state index contributed by atoms with van der Waals surface area (Å²) in [5.74, 6) is 2.74. The second kappa shape index (κ2) is 13.2. The lowest BCUT2D eigenvalue weighted by Gasteiger charge is -2.17. The van der Waals surface area contributed by atoms with E-state index in [4.69, 9.17) is 14.5 Å². The summed E-state index contributed by atoms with van der Waals surface area (Å²) in [5.41, 5.74) is 3.87. The molecule has 1 aromatic carbocycles. The van der Waals surface area contributed by atoms with E-state index in [1.165, 1.54) is 6.92 Å². The molecular weight excluding hydrogens is 548 g/mol. The van der Waals surface area contributed by atoms with Gasteiger partial charge in [-0.1, -0.05) is 32.8 Å². The van der Waals surface area contributed by atoms with Gasteiger partial charge in [0, 0.05) is 55.3 Å². The minimum atomic E-state index is -0.0983. The van der Waals surface area contributed by atoms with Crippen LogP contribution >= 0.6 is 15.9 Å². The predicted molar refractivity (Wildman–Crippen MR) is 152 cm³/mol. The number of hydrogen-bond donors (Lipinski definition) is 2. The second-order valence-corrected chi connectivity index (χ2v) is 9.89. The van der Waals surface area contributed by atoms with Gasteiger partial charge in [0.25, 0.3) is 0 Å². The number of halogens is 1. The Kier molecular flexibility index (Phi) is 9.53. The van der Waals surface area contributed by atoms with E-state index in [0.29, 0.717) is 24.0 Å². The number of benzene rings is 1. The Morgan fingerprint density at radius 1 is 1.11 bits per heavy atom. The van der Waals surface area contributed by atoms with Gasteiger partial charge in [-0.05, 0) is 52.5 Å². The molecule has 0 spiro atoms. The summed E-state index contributed by atoms with van der Waals surface area (Å²) < 4.78 is 13.1. The van der Waals surface area contributed by atoms with E-state index in [2.05, 4.69) is 62.6 Å². The maximum Gasteiger partial charge on any atom is 0.231 e. The van der Waals surface area contributed by atoms with Gasteiger partial charge in [0.15, 0.2) is 17.1 Å². The Morgan fingerprint density at radius 3 is 2.61 bits per heavy atom. The predicted octanol–water partition coefficient (Wildman–Crippen LogP) is 6.56. The summed E-state index contributed by atoms with van der Waals surface area (Å²) in [5, 5.41) is 10.6. The zero-order chi connectivity index (χ0) is 26.9. The quantitative estimate of drug-likeness (QED) is 0.231. The number of fused-ring (bicyclic) bond motifs is 2. The van der Waals surface area contributed by atoms with E-state index in [-0.39, 0.29) is 12.7 Å². The van der Waals surface area contributed by atoms with Crippen molar-refractivity contribution in [3.63, 3.8) is 0 Å². The van der Waals surface area contributed by atoms with Crippen LogP contribution in [0.25, 0.3) is 5.65 Å². The average molecular weight is 582 g/mol. The molecule has 0 aliphatic carbocycles. The molecule has 0 saturated carbocycles. The van der Waals surface area contributed by atoms with Gasteiger partial charge < -0.3 is 20.1 Å². The summed E-state index contributed by atoms with van der Waals surface area (Å²) in [7, 11) is 0. The molecule has 38 heavy (non-hydrogen) atoms. The molecule has 0 saturated heterocycles. The Morgan fingerprint density at radius 2 is 1.89 bits per heavy atom. The monoisotopic (exact) mass is 580 g/mol. The number of carbonyl (C=O) groups excluding carboxylic acids is 1. The molecule has 2 N–H and O–H groups in total. The lowest BCUT2D eigenvalue weighted by Crippen LogP contribution is -2.10. The molecule has 0 radical (unpaired) electrons. The van der Waals surface area contributed by atoms with Gasteiger partial charge in [-0.3, -0.25) is 9.78 Å². The topological polar surface area (TPSA) is 103 Å². The van der Waals surface area contributed by atoms with Crippen molar-refractivity contribution in [2.75, 3.05) is 17.4 Å². The highest BCUT2D eigenvalue weighted by molar-refractivity contribution is 9.10. The first-order valence-corrected chi connectivity index (χ1v) is 13.6. The summed E-state index contributed by atoms with van der Waals surface area (Å²) in [6, 6.07) is 11.5. The van der Waals surface area contributed by atoms with Gasteiger partial charge in [-0.15, -0.1) is 0 Å². The van der Waals surface area contributed by atoms with Crippen molar-refractivity contribution in [1.82, 2.24) is 19.6 Å². The molecule has 1 aliphatic rings. The number of nitrogens with zero attached hydrogens (tertiary/aromatic N) is 4. The van der Waals surface area contributed by atoms with Crippen molar-refractivity contribution in [2.24, 2.45) is 0 Å². The molecular formula is C28H33BrN6O3. The van der Waals surface area contributed by atoms with Crippen molar-refractivity contribution >= 4 is 39.0 Å². The standard InChI is InChI=1S/C19H24BrN5.C9H9NO3/c1-3-6-15(7-4-2)17-10-18(22-12-14-8-5-9-21-11-14)25-19(24-17)16(20)13-23-25;1-6(11)10-7-2-3-8-9(4-7)13-5-12-8/h5,8-11,13,15,22H,3-4,6-7,12H2,1-2H3;2-4H,5H2,1H3,(H,10,11). The summed E-state index contributed by atoms with van der Waals surface area (Å²) >= 11 is 3.57. The van der Waals surface area contributed by atoms with Crippen molar-refractivity contribution in [1.29, 1.82) is 0 Å². The Hall–Kier alpha value is -3.66. The van der Waals surface area contributed by atoms with Gasteiger partial charge in [0.2, 0.25) is 12.7 Å². The zero-order valence-corrected chi connectivity index (χ0v) is 23.5. The third-order valence-corrected chi connectivity index (χ3v) is 6.59. The van der Waals surface area contributed by atoms with E-state index < -0.39 is 0 Å². The molecule has 1 aliphatic heterocycles. The highest BCUT2D eigenvalue weighted by Crippen LogP contribution is 2.34. The van der Waals surface area contributed by atoms with E-state index in [1.807, 2.05) is 16.8 Å². The Bertz CT molecular complexity index is 1360. The van der Waals surface area contributed by atoms with Crippen LogP contribution in [-0.4, -0.2) is 32.3 Å². The fraction of sp³-hybridized carbons (Fsp3) is 0.357. The fourth-order valence-corrected chi connectivity index (χ4v) is 4.65. The van der Waals surface area contributed by atoms with Crippen LogP contribution < -0.4 is 20.1 Å². The van der Waals surface area contributed by atoms with Crippen molar-refractivity contribution < 1.29 is 14.3 Å². The molecule has 4 aromatic rings. The third-order valence-electron chi connectivity index (χ3n) is 6.03. The van der Waals surface area contributed by atoms with Crippen molar-refractivity contribution in [3.8, 4) is 11.5 Å². The van der Waals surface area contributed by atoms with E-state index in [9.17, 15) is 4.79 Å². The van der Waals surface area contributed by atoms with E-state index in [0.717, 1.165) is 58.6 Å². The van der Waals surface area contributed by atoms with Crippen LogP contribution in [0, 0.1) is 0 Å². The van der Waals surface area contributed by atoms with E-state index in [1.54, 1.807) is 30.6 Å². The molecule has 4 heterocycles. The number of amides is 1. The summed E-state index contributed by atoms with van der Waals surface area (Å²) in [4.78, 5) is 19.8. The normalized spacial score (nSPS) is 11.8. The van der Waals surface area contributed by atoms with Gasteiger partial charge in [0.05, 0.1) is 10.7 Å². The Labute approximate surface area is 231 Å². The SMILES string of the molecule is CC(=O)Nc1ccc2c(c1)OCO2.CCCC(CCC)c1cc(NCc2cccnc2)n2ncc(Br)c2n1. The first-order valence-electron chi connectivity index (χ1n) is 12.8. The lowest BCUT2D eigenvalue weighted by molar-refractivity contribution is -0.114. The van der Waals surface area contributed by atoms with Crippen LogP contribution in [-0.2, 0) is 11.3 Å². The zero-order valence-electron chi connectivity index (χ0n) is 21.9. The number of carbonyl (C=O) groups is 1. The number of aromatic nitrogens is 4. The maximum atomic E-state index is 10.7. The highest BCUT2D eigenvalue weighted by Gasteiger charge is 2.17. The number of pyridine rings is 1. The minimum absolute atomic E-state index is 0.0983. The van der Waals surface area contributed by atoms with Crippen LogP contribution in [0.4, 0.5) is 11.5 Å². The molecule has 1 amide bonds. The second-order valence-electron chi connectivity index (χ2n) is 9.03. The largest absolute Gasteiger partial charge is 0.454 e. The van der Waals surface area contributed by atoms with Gasteiger partial charge in [0.1, 0.15) is 5.82 Å². The molecule has 0 bridgehead atoms. The van der Waals surface area contributed by atoms with Crippen LogP contribution in [0.3, 0.4) is 0 Å². The number of ether oxygens (including phenoxy) is 2. The number of nitrogens with one attached hydrogen (secondary N) is 2. The molecule has 200 valence electrons. The smallest absolute Gasteiger partial charge is 0.231 e. The molecule has 5 rings (SSSR count). The van der Waals surface area contributed by atoms with Crippen LogP contribution in [0.1, 0.15) is 63.6 Å². The number of rotatable bonds is 9. The molecule has 3 aromatic heterocycles. The maximum absolute atomic E-state index is 10.7. The van der Waals surface area contributed by atoms with Gasteiger partial charge in [-0.25, -0.2) is 4.98 Å². The summed E-state index contributed by atoms with van der Waals surface area (Å²) in [6.45, 7) is 6.88. The summed E-state index contributed by atoms with van der Waals surface area (Å²) in [6.07, 6.45) is 10.1. The molecule has 10 heteroatoms. The number of hydrogen-bond acceptors (Lipinski definition) is 7. The van der Waals surface area contributed by atoms with Crippen LogP contribution in [0.5, 0.6) is 11.5 Å². The van der Waals surface area contributed by atoms with Crippen LogP contribution in [0.15, 0.2) is 59.5 Å². The van der Waals surface area contributed by atoms with E-state index >= 15 is 0 Å². The first kappa shape index (κ1) is 27.4. The third kappa shape index (κ3) is 7.00. The molecule has 9 nitrogen and oxygen atoms in total. The van der Waals surface area contributed by atoms with Gasteiger partial charge in [-0.2, -0.15) is 9.61 Å². The first-order chi connectivity index (χ1) is 18.5. The highest BCUT2D eigenvalue weighted by atomic mass is 79.9. The van der Waals surface area contributed by atoms with Gasteiger partial charge >= 0.3 is 0 Å². The average Bonchev–Trinajstić information content (AvgIpc) is 3.54. The molecule has 0 fully saturated rings. The fourth-order valence-electron chi connectivity index (χ4n) is 4.30. The molecule has 0 atom stereocenters.